The summed E-state index contributed by atoms with van der Waals surface area (Å²) in [7, 11) is 2.17. The number of fused-ring (bicyclic) bond motifs is 2. The number of hydrogen-bond donors (Lipinski definition) is 2. The van der Waals surface area contributed by atoms with Crippen LogP contribution in [-0.2, 0) is 59.4 Å². The Kier molecular flexibility index (Phi) is 16.2. The van der Waals surface area contributed by atoms with Crippen LogP contribution in [-0.4, -0.2) is 147 Å². The molecule has 11 rings (SSSR count). The molecule has 3 amide bonds. The number of aromatic nitrogens is 3. The summed E-state index contributed by atoms with van der Waals surface area (Å²) in [6.45, 7) is 7.50. The number of nitrogens with one attached hydrogen (secondary N) is 1. The van der Waals surface area contributed by atoms with E-state index in [1.165, 1.54) is 0 Å². The van der Waals surface area contributed by atoms with Gasteiger partial charge in [0, 0.05) is 62.7 Å². The first-order valence-electron chi connectivity index (χ1n) is 27.5. The number of pyridine rings is 1. The number of aliphatic carboxylic acids is 1. The quantitative estimate of drug-likeness (QED) is 0.102. The van der Waals surface area contributed by atoms with Gasteiger partial charge in [0.1, 0.15) is 6.04 Å². The van der Waals surface area contributed by atoms with Crippen LogP contribution in [0.3, 0.4) is 0 Å². The molecule has 2 saturated carbocycles. The molecule has 5 fully saturated rings. The number of carbonyl (C=O) groups is 5. The fourth-order valence-corrected chi connectivity index (χ4v) is 12.0. The van der Waals surface area contributed by atoms with Crippen LogP contribution >= 0.6 is 0 Å². The summed E-state index contributed by atoms with van der Waals surface area (Å²) < 4.78 is 46.9. The molecule has 20 heteroatoms. The topological polar surface area (TPSA) is 189 Å². The van der Waals surface area contributed by atoms with Crippen LogP contribution in [0.2, 0.25) is 0 Å². The molecule has 5 aliphatic rings. The molecule has 0 spiro atoms. The highest BCUT2D eigenvalue weighted by atomic mass is 19.4. The fraction of sp³-hybridized carbons (Fsp3) is 0.450. The number of rotatable bonds is 14. The van der Waals surface area contributed by atoms with Crippen molar-refractivity contribution in [1.29, 1.82) is 0 Å². The largest absolute Gasteiger partial charge is 0.490 e. The van der Waals surface area contributed by atoms with Crippen molar-refractivity contribution in [2.75, 3.05) is 59.4 Å². The summed E-state index contributed by atoms with van der Waals surface area (Å²) in [4.78, 5) is 87.9. The maximum absolute atomic E-state index is 14.7. The SMILES string of the molecule is Cc1cc(C[C@@H](NC(=O)N2CCC(c3cc4ccccc4n(COC(=O)C4(c5ccccc5)CC4)c3=O)CC2)C(=O)N2CCN(C3CCN(C)CC3)CC2)cc2cnn(COC(=O)C3(c4ccccc4)CC3)c12.O=C(O)C(F)(F)F. The minimum atomic E-state index is -5.08. The van der Waals surface area contributed by atoms with Crippen molar-refractivity contribution in [2.45, 2.75) is 113 Å². The second kappa shape index (κ2) is 23.3. The number of ether oxygens (including phenoxy) is 2. The van der Waals surface area contributed by atoms with Crippen LogP contribution in [0.4, 0.5) is 18.0 Å². The first-order valence-corrected chi connectivity index (χ1v) is 27.5. The molecule has 2 N–H and O–H groups in total. The number of urea groups is 1. The minimum absolute atomic E-state index is 0.0172. The van der Waals surface area contributed by atoms with Crippen molar-refractivity contribution < 1.29 is 51.7 Å². The van der Waals surface area contributed by atoms with Gasteiger partial charge in [0.15, 0.2) is 13.5 Å². The number of aryl methyl sites for hydroxylation is 1. The number of piperidine rings is 2. The molecule has 3 aliphatic heterocycles. The Morgan fingerprint density at radius 1 is 0.713 bits per heavy atom. The number of carbonyl (C=O) groups excluding carboxylic acids is 4. The third-order valence-corrected chi connectivity index (χ3v) is 16.9. The number of carboxylic acids is 1. The summed E-state index contributed by atoms with van der Waals surface area (Å²) >= 11 is 0. The fourth-order valence-electron chi connectivity index (χ4n) is 12.0. The summed E-state index contributed by atoms with van der Waals surface area (Å²) in [5, 5.41) is 16.7. The van der Waals surface area contributed by atoms with Crippen LogP contribution in [0.1, 0.15) is 85.1 Å². The van der Waals surface area contributed by atoms with Crippen LogP contribution in [0, 0.1) is 6.92 Å². The number of halogens is 3. The average Bonchev–Trinajstić information content (AvgIpc) is 4.51. The standard InChI is InChI=1S/C58H66N8O7.C2HF3O2/c1-40-33-41(34-44-37-59-66(51(40)44)39-73-55(70)58(23-24-58)46-14-7-4-8-15-46)35-49(53(68)63-31-29-62(30-32-63)47-19-25-61(2)26-20-47)60-56(71)64-27-17-42(18-28-64)48-36-43-11-9-10-16-50(43)65(52(48)67)38-72-54(69)57(21-22-57)45-12-5-3-6-13-45;3-2(4,5)1(6)7/h3-16,33-34,36-37,42,47,49H,17-32,35,38-39H2,1-2H3,(H,60,71);(H,6,7)/t49-;/m1./s1. The van der Waals surface area contributed by atoms with E-state index in [0.717, 1.165) is 90.4 Å². The number of amides is 3. The molecule has 0 radical (unpaired) electrons. The Hall–Kier alpha value is -7.58. The van der Waals surface area contributed by atoms with Gasteiger partial charge in [-0.1, -0.05) is 84.9 Å². The van der Waals surface area contributed by atoms with Gasteiger partial charge >= 0.3 is 30.1 Å². The average molecular weight is 1100 g/mol. The lowest BCUT2D eigenvalue weighted by atomic mass is 9.89. The molecule has 5 heterocycles. The Labute approximate surface area is 461 Å². The number of esters is 2. The Balaban J connectivity index is 0.000000966. The number of piperazine rings is 1. The smallest absolute Gasteiger partial charge is 0.475 e. The van der Waals surface area contributed by atoms with E-state index in [4.69, 9.17) is 19.4 Å². The molecule has 17 nitrogen and oxygen atoms in total. The molecular weight excluding hydrogens is 1030 g/mol. The molecule has 4 aromatic carbocycles. The zero-order valence-electron chi connectivity index (χ0n) is 45.0. The summed E-state index contributed by atoms with van der Waals surface area (Å²) in [6, 6.07) is 32.5. The maximum atomic E-state index is 14.7. The predicted molar refractivity (Wildman–Crippen MR) is 292 cm³/mol. The second-order valence-electron chi connectivity index (χ2n) is 22.1. The van der Waals surface area contributed by atoms with Crippen molar-refractivity contribution in [1.82, 2.24) is 39.3 Å². The highest BCUT2D eigenvalue weighted by molar-refractivity contribution is 5.89. The molecule has 2 aliphatic carbocycles. The summed E-state index contributed by atoms with van der Waals surface area (Å²) in [5.41, 5.74) is 4.41. The van der Waals surface area contributed by atoms with Gasteiger partial charge in [-0.05, 0) is 130 Å². The first kappa shape index (κ1) is 55.7. The zero-order chi connectivity index (χ0) is 56.3. The number of likely N-dealkylation sites (tertiary alicyclic amines) is 2. The van der Waals surface area contributed by atoms with Gasteiger partial charge in [-0.2, -0.15) is 18.3 Å². The predicted octanol–water partition coefficient (Wildman–Crippen LogP) is 7.50. The Bertz CT molecular complexity index is 3300. The van der Waals surface area contributed by atoms with Crippen LogP contribution in [0.15, 0.2) is 114 Å². The molecule has 80 heavy (non-hydrogen) atoms. The third-order valence-electron chi connectivity index (χ3n) is 16.9. The van der Waals surface area contributed by atoms with E-state index in [-0.39, 0.29) is 55.2 Å². The molecular formula is C60H67F3N8O9. The lowest BCUT2D eigenvalue weighted by molar-refractivity contribution is -0.192. The van der Waals surface area contributed by atoms with E-state index in [2.05, 4.69) is 27.3 Å². The van der Waals surface area contributed by atoms with Gasteiger partial charge in [-0.25, -0.2) is 14.3 Å². The number of hydrogen-bond acceptors (Lipinski definition) is 11. The van der Waals surface area contributed by atoms with E-state index in [1.54, 1.807) is 20.3 Å². The highest BCUT2D eigenvalue weighted by Gasteiger charge is 2.54. The van der Waals surface area contributed by atoms with Crippen molar-refractivity contribution in [3.05, 3.63) is 147 Å². The molecule has 1 atom stereocenters. The van der Waals surface area contributed by atoms with Crippen LogP contribution in [0.5, 0.6) is 0 Å². The number of benzene rings is 4. The van der Waals surface area contributed by atoms with Gasteiger partial charge in [-0.3, -0.25) is 28.6 Å². The lowest BCUT2D eigenvalue weighted by Gasteiger charge is -2.43. The molecule has 0 unspecified atom stereocenters. The van der Waals surface area contributed by atoms with Crippen molar-refractivity contribution in [2.24, 2.45) is 0 Å². The maximum Gasteiger partial charge on any atom is 0.490 e. The number of carboxylic acid groups (broad SMARTS) is 1. The molecule has 0 bridgehead atoms. The van der Waals surface area contributed by atoms with Gasteiger partial charge in [-0.15, -0.1) is 0 Å². The molecule has 6 aromatic rings. The van der Waals surface area contributed by atoms with Crippen molar-refractivity contribution >= 4 is 51.7 Å². The Morgan fingerprint density at radius 2 is 1.27 bits per heavy atom. The highest BCUT2D eigenvalue weighted by Crippen LogP contribution is 2.50. The second-order valence-corrected chi connectivity index (χ2v) is 22.1. The van der Waals surface area contributed by atoms with Crippen molar-refractivity contribution in [3.8, 4) is 0 Å². The number of para-hydroxylation sites is 1. The van der Waals surface area contributed by atoms with Gasteiger partial charge < -0.3 is 34.6 Å². The third kappa shape index (κ3) is 12.0. The lowest BCUT2D eigenvalue weighted by Crippen LogP contribution is -2.59. The van der Waals surface area contributed by atoms with Gasteiger partial charge in [0.25, 0.3) is 5.56 Å². The monoisotopic (exact) mass is 1100 g/mol. The zero-order valence-corrected chi connectivity index (χ0v) is 45.0. The van der Waals surface area contributed by atoms with Gasteiger partial charge in [0.2, 0.25) is 5.91 Å². The van der Waals surface area contributed by atoms with E-state index in [0.29, 0.717) is 69.0 Å². The van der Waals surface area contributed by atoms with Crippen molar-refractivity contribution in [3.63, 3.8) is 0 Å². The van der Waals surface area contributed by atoms with E-state index in [1.807, 2.05) is 115 Å². The molecule has 3 saturated heterocycles. The molecule has 2 aromatic heterocycles. The van der Waals surface area contributed by atoms with E-state index < -0.39 is 29.0 Å². The molecule has 422 valence electrons. The summed E-state index contributed by atoms with van der Waals surface area (Å²) in [6.07, 6.45) is 3.24. The minimum Gasteiger partial charge on any atom is -0.475 e. The number of alkyl halides is 3. The van der Waals surface area contributed by atoms with Crippen LogP contribution < -0.4 is 10.9 Å². The first-order chi connectivity index (χ1) is 38.4. The number of nitrogens with zero attached hydrogens (tertiary/aromatic N) is 7. The normalized spacial score (nSPS) is 18.9. The van der Waals surface area contributed by atoms with E-state index >= 15 is 0 Å². The Morgan fingerprint density at radius 3 is 1.85 bits per heavy atom. The van der Waals surface area contributed by atoms with Crippen LogP contribution in [0.25, 0.3) is 21.8 Å². The van der Waals surface area contributed by atoms with Gasteiger partial charge in [0.05, 0.1) is 28.1 Å². The summed E-state index contributed by atoms with van der Waals surface area (Å²) in [5.74, 6) is -3.56. The van der Waals surface area contributed by atoms with E-state index in [9.17, 15) is 37.1 Å².